The van der Waals surface area contributed by atoms with Gasteiger partial charge in [-0.15, -0.1) is 0 Å². The highest BCUT2D eigenvalue weighted by Gasteiger charge is 2.27. The summed E-state index contributed by atoms with van der Waals surface area (Å²) in [5.41, 5.74) is 4.26. The van der Waals surface area contributed by atoms with Crippen molar-refractivity contribution in [2.24, 2.45) is 0 Å². The monoisotopic (exact) mass is 479 g/mol. The quantitative estimate of drug-likeness (QED) is 0.540. The Hall–Kier alpha value is -3.52. The summed E-state index contributed by atoms with van der Waals surface area (Å²) in [5, 5.41) is 9.48. The number of carboxylic acids is 1. The molecule has 1 saturated heterocycles. The van der Waals surface area contributed by atoms with E-state index in [1.165, 1.54) is 17.7 Å². The summed E-state index contributed by atoms with van der Waals surface area (Å²) in [4.78, 5) is 16.2. The van der Waals surface area contributed by atoms with Crippen LogP contribution in [0.4, 0.5) is 17.1 Å². The lowest BCUT2D eigenvalue weighted by Crippen LogP contribution is -2.52. The number of carboxylic acid groups (broad SMARTS) is 1. The van der Waals surface area contributed by atoms with Gasteiger partial charge in [0.05, 0.1) is 21.8 Å². The molecule has 0 bridgehead atoms. The van der Waals surface area contributed by atoms with E-state index >= 15 is 0 Å². The van der Waals surface area contributed by atoms with E-state index in [0.717, 1.165) is 17.8 Å². The Morgan fingerprint density at radius 3 is 2.35 bits per heavy atom. The van der Waals surface area contributed by atoms with Crippen molar-refractivity contribution in [3.05, 3.63) is 83.4 Å². The number of hydrogen-bond acceptors (Lipinski definition) is 5. The molecule has 7 nitrogen and oxygen atoms in total. The number of aryl methyl sites for hydroxylation is 2. The maximum atomic E-state index is 13.1. The van der Waals surface area contributed by atoms with Gasteiger partial charge in [0.15, 0.2) is 0 Å². The van der Waals surface area contributed by atoms with E-state index in [1.54, 1.807) is 30.3 Å². The molecule has 0 unspecified atom stereocenters. The van der Waals surface area contributed by atoms with Crippen LogP contribution in [0.25, 0.3) is 0 Å². The fraction of sp³-hybridized carbons (Fsp3) is 0.269. The molecule has 1 aliphatic heterocycles. The fourth-order valence-electron chi connectivity index (χ4n) is 4.31. The van der Waals surface area contributed by atoms with Crippen molar-refractivity contribution in [1.29, 1.82) is 0 Å². The summed E-state index contributed by atoms with van der Waals surface area (Å²) in [5.74, 6) is -1.11. The van der Waals surface area contributed by atoms with Gasteiger partial charge in [-0.2, -0.15) is 0 Å². The van der Waals surface area contributed by atoms with Gasteiger partial charge in [0, 0.05) is 31.4 Å². The van der Waals surface area contributed by atoms with Crippen LogP contribution in [0.15, 0.2) is 71.6 Å². The molecule has 0 aromatic heterocycles. The van der Waals surface area contributed by atoms with Gasteiger partial charge in [-0.25, -0.2) is 13.2 Å². The standard InChI is InChI=1S/C26H29N3O4S/c1-18-7-10-23(11-8-18)34(32,33)27-24-16-21(26(30)31)9-12-25(24)28-13-14-29(20(3)17-28)22-6-4-5-19(2)15-22/h4-12,15-16,20,27H,13-14,17H2,1-3H3,(H,30,31)/t20-/m0/s1. The highest BCUT2D eigenvalue weighted by atomic mass is 32.2. The molecule has 0 radical (unpaired) electrons. The zero-order valence-corrected chi connectivity index (χ0v) is 20.3. The zero-order chi connectivity index (χ0) is 24.5. The van der Waals surface area contributed by atoms with Gasteiger partial charge in [-0.05, 0) is 68.8 Å². The Kier molecular flexibility index (Phi) is 6.52. The van der Waals surface area contributed by atoms with Gasteiger partial charge in [-0.1, -0.05) is 29.8 Å². The number of sulfonamides is 1. The van der Waals surface area contributed by atoms with Gasteiger partial charge in [0.1, 0.15) is 0 Å². The van der Waals surface area contributed by atoms with Crippen LogP contribution in [0.3, 0.4) is 0 Å². The minimum absolute atomic E-state index is 0.0248. The van der Waals surface area contributed by atoms with Crippen LogP contribution in [0.1, 0.15) is 28.4 Å². The Morgan fingerprint density at radius 1 is 0.971 bits per heavy atom. The van der Waals surface area contributed by atoms with Crippen molar-refractivity contribution in [3.8, 4) is 0 Å². The molecule has 1 fully saturated rings. The lowest BCUT2D eigenvalue weighted by atomic mass is 10.1. The molecule has 0 spiro atoms. The number of nitrogens with one attached hydrogen (secondary N) is 1. The van der Waals surface area contributed by atoms with E-state index in [0.29, 0.717) is 18.8 Å². The van der Waals surface area contributed by atoms with Crippen LogP contribution in [0, 0.1) is 13.8 Å². The van der Waals surface area contributed by atoms with Gasteiger partial charge in [0.2, 0.25) is 0 Å². The van der Waals surface area contributed by atoms with Gasteiger partial charge in [0.25, 0.3) is 10.0 Å². The van der Waals surface area contributed by atoms with E-state index < -0.39 is 16.0 Å². The normalized spacial score (nSPS) is 16.4. The Labute approximate surface area is 200 Å². The lowest BCUT2D eigenvalue weighted by Gasteiger charge is -2.43. The summed E-state index contributed by atoms with van der Waals surface area (Å²) in [6.45, 7) is 8.19. The van der Waals surface area contributed by atoms with Crippen molar-refractivity contribution in [3.63, 3.8) is 0 Å². The summed E-state index contributed by atoms with van der Waals surface area (Å²) in [7, 11) is -3.89. The highest BCUT2D eigenvalue weighted by molar-refractivity contribution is 7.92. The SMILES string of the molecule is Cc1ccc(S(=O)(=O)Nc2cc(C(=O)O)ccc2N2CCN(c3cccc(C)c3)[C@@H](C)C2)cc1. The van der Waals surface area contributed by atoms with E-state index in [9.17, 15) is 18.3 Å². The maximum Gasteiger partial charge on any atom is 0.335 e. The fourth-order valence-corrected chi connectivity index (χ4v) is 5.38. The molecule has 3 aromatic carbocycles. The molecule has 3 aromatic rings. The van der Waals surface area contributed by atoms with Crippen LogP contribution in [-0.4, -0.2) is 45.2 Å². The number of carbonyl (C=O) groups is 1. The van der Waals surface area contributed by atoms with Crippen molar-refractivity contribution in [1.82, 2.24) is 0 Å². The Bertz CT molecular complexity index is 1310. The third-order valence-electron chi connectivity index (χ3n) is 6.12. The molecule has 0 amide bonds. The molecular weight excluding hydrogens is 450 g/mol. The molecule has 1 heterocycles. The number of aromatic carboxylic acids is 1. The zero-order valence-electron chi connectivity index (χ0n) is 19.5. The molecule has 0 saturated carbocycles. The third-order valence-corrected chi connectivity index (χ3v) is 7.50. The molecule has 4 rings (SSSR count). The van der Waals surface area contributed by atoms with Gasteiger partial charge in [-0.3, -0.25) is 4.72 Å². The van der Waals surface area contributed by atoms with Crippen LogP contribution >= 0.6 is 0 Å². The van der Waals surface area contributed by atoms with Crippen molar-refractivity contribution >= 4 is 33.1 Å². The molecule has 2 N–H and O–H groups in total. The number of rotatable bonds is 6. The van der Waals surface area contributed by atoms with Crippen molar-refractivity contribution in [2.45, 2.75) is 31.7 Å². The molecule has 8 heteroatoms. The number of anilines is 3. The summed E-state index contributed by atoms with van der Waals surface area (Å²) >= 11 is 0. The van der Waals surface area contributed by atoms with Crippen molar-refractivity contribution in [2.75, 3.05) is 34.2 Å². The molecular formula is C26H29N3O4S. The molecule has 1 aliphatic rings. The summed E-state index contributed by atoms with van der Waals surface area (Å²) < 4.78 is 28.8. The second-order valence-electron chi connectivity index (χ2n) is 8.78. The van der Waals surface area contributed by atoms with Gasteiger partial charge < -0.3 is 14.9 Å². The van der Waals surface area contributed by atoms with Crippen LogP contribution in [0.5, 0.6) is 0 Å². The average molecular weight is 480 g/mol. The number of hydrogen-bond donors (Lipinski definition) is 2. The molecule has 178 valence electrons. The van der Waals surface area contributed by atoms with E-state index in [2.05, 4.69) is 46.6 Å². The van der Waals surface area contributed by atoms with E-state index in [-0.39, 0.29) is 22.2 Å². The largest absolute Gasteiger partial charge is 0.478 e. The second-order valence-corrected chi connectivity index (χ2v) is 10.5. The molecule has 34 heavy (non-hydrogen) atoms. The Balaban J connectivity index is 1.63. The first-order valence-electron chi connectivity index (χ1n) is 11.2. The molecule has 1 atom stereocenters. The Morgan fingerprint density at radius 2 is 1.71 bits per heavy atom. The van der Waals surface area contributed by atoms with Crippen molar-refractivity contribution < 1.29 is 18.3 Å². The highest BCUT2D eigenvalue weighted by Crippen LogP contribution is 2.32. The van der Waals surface area contributed by atoms with Crippen LogP contribution < -0.4 is 14.5 Å². The minimum Gasteiger partial charge on any atom is -0.478 e. The van der Waals surface area contributed by atoms with Crippen LogP contribution in [-0.2, 0) is 10.0 Å². The minimum atomic E-state index is -3.89. The number of benzene rings is 3. The first kappa shape index (κ1) is 23.6. The predicted molar refractivity (Wildman–Crippen MR) is 136 cm³/mol. The lowest BCUT2D eigenvalue weighted by molar-refractivity contribution is 0.0697. The third kappa shape index (κ3) is 5.02. The van der Waals surface area contributed by atoms with Crippen LogP contribution in [0.2, 0.25) is 0 Å². The molecule has 0 aliphatic carbocycles. The van der Waals surface area contributed by atoms with Gasteiger partial charge >= 0.3 is 5.97 Å². The maximum absolute atomic E-state index is 13.1. The average Bonchev–Trinajstić information content (AvgIpc) is 2.79. The smallest absolute Gasteiger partial charge is 0.335 e. The van der Waals surface area contributed by atoms with E-state index in [4.69, 9.17) is 0 Å². The summed E-state index contributed by atoms with van der Waals surface area (Å²) in [6.07, 6.45) is 0. The predicted octanol–water partition coefficient (Wildman–Crippen LogP) is 4.52. The number of piperazine rings is 1. The second kappa shape index (κ2) is 9.38. The number of nitrogens with zero attached hydrogens (tertiary/aromatic N) is 2. The topological polar surface area (TPSA) is 89.9 Å². The first-order valence-corrected chi connectivity index (χ1v) is 12.7. The van der Waals surface area contributed by atoms with E-state index in [1.807, 2.05) is 13.0 Å². The first-order chi connectivity index (χ1) is 16.1. The summed E-state index contributed by atoms with van der Waals surface area (Å²) in [6, 6.07) is 19.7.